The Labute approximate surface area is 72.2 Å². The lowest BCUT2D eigenvalue weighted by Gasteiger charge is -2.38. The zero-order chi connectivity index (χ0) is 8.39. The van der Waals surface area contributed by atoms with E-state index in [1.807, 2.05) is 6.08 Å². The van der Waals surface area contributed by atoms with Crippen LogP contribution in [0.25, 0.3) is 0 Å². The van der Waals surface area contributed by atoms with Gasteiger partial charge in [-0.05, 0) is 25.3 Å². The first kappa shape index (κ1) is 7.63. The summed E-state index contributed by atoms with van der Waals surface area (Å²) in [7, 11) is 0. The Kier molecular flexibility index (Phi) is 2.01. The molecule has 0 amide bonds. The molecule has 0 spiro atoms. The quantitative estimate of drug-likeness (QED) is 0.540. The van der Waals surface area contributed by atoms with Gasteiger partial charge in [0.15, 0.2) is 0 Å². The topological polar surface area (TPSA) is 36.3 Å². The van der Waals surface area contributed by atoms with Gasteiger partial charge in [-0.15, -0.1) is 0 Å². The first-order valence-corrected chi connectivity index (χ1v) is 4.40. The van der Waals surface area contributed by atoms with Crippen LogP contribution >= 0.6 is 0 Å². The molecule has 3 nitrogen and oxygen atoms in total. The molecule has 1 fully saturated rings. The molecule has 12 heavy (non-hydrogen) atoms. The maximum Gasteiger partial charge on any atom is 0.130 e. The molecule has 64 valence electrons. The predicted octanol–water partition coefficient (Wildman–Crippen LogP) is 1.24. The molecule has 2 heterocycles. The van der Waals surface area contributed by atoms with Crippen molar-refractivity contribution in [2.75, 3.05) is 13.2 Å². The largest absolute Gasteiger partial charge is 0.358 e. The second kappa shape index (κ2) is 3.16. The van der Waals surface area contributed by atoms with Gasteiger partial charge in [-0.3, -0.25) is 0 Å². The number of rotatable bonds is 0. The van der Waals surface area contributed by atoms with Crippen LogP contribution in [0.1, 0.15) is 19.3 Å². The van der Waals surface area contributed by atoms with Crippen LogP contribution in [0.5, 0.6) is 0 Å². The van der Waals surface area contributed by atoms with E-state index in [9.17, 15) is 0 Å². The predicted molar refractivity (Wildman–Crippen MR) is 44.0 cm³/mol. The van der Waals surface area contributed by atoms with Crippen LogP contribution in [-0.4, -0.2) is 24.3 Å². The van der Waals surface area contributed by atoms with Gasteiger partial charge in [0.05, 0.1) is 6.61 Å². The standard InChI is InChI=1S/C9H12N2O/c10-7-8-3-1-4-9-11(8)5-2-6-12-9/h3,9H,1-2,4-6H2. The second-order valence-electron chi connectivity index (χ2n) is 3.15. The molecule has 2 aliphatic rings. The summed E-state index contributed by atoms with van der Waals surface area (Å²) in [4.78, 5) is 2.08. The van der Waals surface area contributed by atoms with E-state index in [0.29, 0.717) is 0 Å². The first-order valence-electron chi connectivity index (χ1n) is 4.40. The number of fused-ring (bicyclic) bond motifs is 1. The van der Waals surface area contributed by atoms with Crippen molar-refractivity contribution in [3.05, 3.63) is 11.8 Å². The van der Waals surface area contributed by atoms with Crippen molar-refractivity contribution in [2.24, 2.45) is 0 Å². The molecule has 2 rings (SSSR count). The minimum atomic E-state index is 0.179. The Balaban J connectivity index is 2.16. The third-order valence-corrected chi connectivity index (χ3v) is 2.38. The van der Waals surface area contributed by atoms with Gasteiger partial charge in [-0.2, -0.15) is 5.26 Å². The summed E-state index contributed by atoms with van der Waals surface area (Å²) >= 11 is 0. The molecule has 0 aromatic carbocycles. The highest BCUT2D eigenvalue weighted by Gasteiger charge is 2.26. The molecule has 1 atom stereocenters. The lowest BCUT2D eigenvalue weighted by Crippen LogP contribution is -2.43. The highest BCUT2D eigenvalue weighted by Crippen LogP contribution is 2.24. The molecule has 0 aliphatic carbocycles. The second-order valence-corrected chi connectivity index (χ2v) is 3.15. The summed E-state index contributed by atoms with van der Waals surface area (Å²) < 4.78 is 5.55. The summed E-state index contributed by atoms with van der Waals surface area (Å²) in [6, 6.07) is 2.21. The first-order chi connectivity index (χ1) is 5.92. The Morgan fingerprint density at radius 2 is 2.58 bits per heavy atom. The van der Waals surface area contributed by atoms with Gasteiger partial charge in [0.2, 0.25) is 0 Å². The van der Waals surface area contributed by atoms with Crippen molar-refractivity contribution in [2.45, 2.75) is 25.5 Å². The average molecular weight is 164 g/mol. The summed E-state index contributed by atoms with van der Waals surface area (Å²) in [5.41, 5.74) is 0.797. The van der Waals surface area contributed by atoms with Gasteiger partial charge in [-0.1, -0.05) is 0 Å². The number of nitrogens with zero attached hydrogens (tertiary/aromatic N) is 2. The molecule has 1 unspecified atom stereocenters. The Morgan fingerprint density at radius 1 is 1.67 bits per heavy atom. The van der Waals surface area contributed by atoms with Crippen LogP contribution in [0, 0.1) is 11.3 Å². The van der Waals surface area contributed by atoms with Crippen LogP contribution in [0.15, 0.2) is 11.8 Å². The normalized spacial score (nSPS) is 28.8. The fourth-order valence-corrected chi connectivity index (χ4v) is 1.79. The maximum atomic E-state index is 8.81. The van der Waals surface area contributed by atoms with Crippen LogP contribution < -0.4 is 0 Å². The molecule has 0 N–H and O–H groups in total. The summed E-state index contributed by atoms with van der Waals surface area (Å²) in [5, 5.41) is 8.81. The van der Waals surface area contributed by atoms with Crippen LogP contribution in [-0.2, 0) is 4.74 Å². The Hall–Kier alpha value is -1.01. The molecule has 0 bridgehead atoms. The van der Waals surface area contributed by atoms with Crippen molar-refractivity contribution in [1.82, 2.24) is 4.90 Å². The van der Waals surface area contributed by atoms with E-state index in [-0.39, 0.29) is 6.23 Å². The summed E-state index contributed by atoms with van der Waals surface area (Å²) in [6.45, 7) is 1.82. The third-order valence-electron chi connectivity index (χ3n) is 2.38. The molecular formula is C9H12N2O. The number of allylic oxidation sites excluding steroid dienone is 2. The summed E-state index contributed by atoms with van der Waals surface area (Å²) in [6.07, 6.45) is 5.23. The van der Waals surface area contributed by atoms with E-state index in [2.05, 4.69) is 11.0 Å². The molecule has 0 aromatic rings. The molecular weight excluding hydrogens is 152 g/mol. The number of hydrogen-bond acceptors (Lipinski definition) is 3. The molecule has 0 radical (unpaired) electrons. The number of hydrogen-bond donors (Lipinski definition) is 0. The number of ether oxygens (including phenoxy) is 1. The van der Waals surface area contributed by atoms with Crippen molar-refractivity contribution < 1.29 is 4.74 Å². The molecule has 0 saturated carbocycles. The molecule has 1 saturated heterocycles. The van der Waals surface area contributed by atoms with Crippen molar-refractivity contribution in [1.29, 1.82) is 5.26 Å². The van der Waals surface area contributed by atoms with E-state index in [4.69, 9.17) is 10.00 Å². The van der Waals surface area contributed by atoms with Gasteiger partial charge in [0.25, 0.3) is 0 Å². The van der Waals surface area contributed by atoms with Gasteiger partial charge >= 0.3 is 0 Å². The van der Waals surface area contributed by atoms with E-state index in [1.54, 1.807) is 0 Å². The van der Waals surface area contributed by atoms with E-state index in [0.717, 1.165) is 38.1 Å². The lowest BCUT2D eigenvalue weighted by molar-refractivity contribution is -0.0839. The average Bonchev–Trinajstić information content (AvgIpc) is 2.17. The molecule has 2 aliphatic heterocycles. The van der Waals surface area contributed by atoms with Crippen LogP contribution in [0.2, 0.25) is 0 Å². The highest BCUT2D eigenvalue weighted by atomic mass is 16.5. The van der Waals surface area contributed by atoms with E-state index in [1.165, 1.54) is 0 Å². The maximum absolute atomic E-state index is 8.81. The van der Waals surface area contributed by atoms with Crippen molar-refractivity contribution in [3.63, 3.8) is 0 Å². The van der Waals surface area contributed by atoms with Gasteiger partial charge in [0.1, 0.15) is 18.0 Å². The fourth-order valence-electron chi connectivity index (χ4n) is 1.79. The van der Waals surface area contributed by atoms with E-state index < -0.39 is 0 Å². The monoisotopic (exact) mass is 164 g/mol. The SMILES string of the molecule is N#CC1=CCCC2OCCCN12. The lowest BCUT2D eigenvalue weighted by atomic mass is 10.1. The minimum absolute atomic E-state index is 0.179. The fraction of sp³-hybridized carbons (Fsp3) is 0.667. The van der Waals surface area contributed by atoms with E-state index >= 15 is 0 Å². The zero-order valence-corrected chi connectivity index (χ0v) is 6.99. The van der Waals surface area contributed by atoms with Gasteiger partial charge < -0.3 is 9.64 Å². The van der Waals surface area contributed by atoms with Crippen LogP contribution in [0.4, 0.5) is 0 Å². The van der Waals surface area contributed by atoms with Gasteiger partial charge in [-0.25, -0.2) is 0 Å². The Morgan fingerprint density at radius 3 is 3.42 bits per heavy atom. The zero-order valence-electron chi connectivity index (χ0n) is 6.99. The smallest absolute Gasteiger partial charge is 0.130 e. The van der Waals surface area contributed by atoms with Crippen molar-refractivity contribution >= 4 is 0 Å². The Bertz CT molecular complexity index is 241. The molecule has 3 heteroatoms. The molecule has 0 aromatic heterocycles. The third kappa shape index (κ3) is 1.19. The van der Waals surface area contributed by atoms with Gasteiger partial charge in [0, 0.05) is 6.54 Å². The van der Waals surface area contributed by atoms with Crippen LogP contribution in [0.3, 0.4) is 0 Å². The highest BCUT2D eigenvalue weighted by molar-refractivity contribution is 5.22. The summed E-state index contributed by atoms with van der Waals surface area (Å²) in [5.74, 6) is 0. The minimum Gasteiger partial charge on any atom is -0.358 e. The number of nitriles is 1. The van der Waals surface area contributed by atoms with Crippen molar-refractivity contribution in [3.8, 4) is 6.07 Å².